The highest BCUT2D eigenvalue weighted by Crippen LogP contribution is 2.45. The van der Waals surface area contributed by atoms with Crippen molar-refractivity contribution < 1.29 is 38.6 Å². The predicted octanol–water partition coefficient (Wildman–Crippen LogP) is 2.20. The van der Waals surface area contributed by atoms with Crippen LogP contribution in [0, 0.1) is 11.8 Å². The molecule has 2 aliphatic rings. The van der Waals surface area contributed by atoms with Crippen molar-refractivity contribution in [1.82, 2.24) is 0 Å². The normalized spacial score (nSPS) is 25.3. The molecule has 2 aromatic carbocycles. The van der Waals surface area contributed by atoms with E-state index in [0.717, 1.165) is 22.3 Å². The molecule has 8 nitrogen and oxygen atoms in total. The summed E-state index contributed by atoms with van der Waals surface area (Å²) in [7, 11) is -4.67. The van der Waals surface area contributed by atoms with Crippen molar-refractivity contribution >= 4 is 13.8 Å². The van der Waals surface area contributed by atoms with Gasteiger partial charge in [0.15, 0.2) is 0 Å². The first-order chi connectivity index (χ1) is 14.7. The maximum absolute atomic E-state index is 12.5. The van der Waals surface area contributed by atoms with E-state index in [1.165, 1.54) is 0 Å². The third-order valence-corrected chi connectivity index (χ3v) is 6.67. The molecule has 4 atom stereocenters. The molecule has 0 heterocycles. The standard InChI is InChI=1S/C22H25O8P/c23-20(10-13-9-14(22(25)21(13)24)11-30-31(26,27)28)29-12-19-17-7-3-1-5-15(17)16-6-2-4-8-18(16)19/h1-8,13-14,19,21-22,24-25H,9-12H2,(H2,26,27,28)/t13-,14+,21-,22+/m0/s1. The number of ether oxygens (including phenoxy) is 1. The molecule has 2 aromatic rings. The average Bonchev–Trinajstić information content (AvgIpc) is 3.20. The number of aliphatic hydroxyl groups excluding tert-OH is 2. The Morgan fingerprint density at radius 1 is 0.903 bits per heavy atom. The highest BCUT2D eigenvalue weighted by atomic mass is 31.2. The van der Waals surface area contributed by atoms with Gasteiger partial charge in [0.05, 0.1) is 25.2 Å². The highest BCUT2D eigenvalue weighted by molar-refractivity contribution is 7.46. The summed E-state index contributed by atoms with van der Waals surface area (Å²) in [6.07, 6.45) is -2.31. The lowest BCUT2D eigenvalue weighted by Crippen LogP contribution is -2.30. The minimum Gasteiger partial charge on any atom is -0.465 e. The van der Waals surface area contributed by atoms with Crippen LogP contribution in [0.5, 0.6) is 0 Å². The molecule has 31 heavy (non-hydrogen) atoms. The second kappa shape index (κ2) is 8.82. The number of carbonyl (C=O) groups excluding carboxylic acids is 1. The summed E-state index contributed by atoms with van der Waals surface area (Å²) in [5, 5.41) is 20.4. The first kappa shape index (κ1) is 22.1. The zero-order chi connectivity index (χ0) is 22.2. The summed E-state index contributed by atoms with van der Waals surface area (Å²) in [5.41, 5.74) is 4.45. The number of phosphoric ester groups is 1. The predicted molar refractivity (Wildman–Crippen MR) is 111 cm³/mol. The molecule has 0 aromatic heterocycles. The summed E-state index contributed by atoms with van der Waals surface area (Å²) >= 11 is 0. The van der Waals surface area contributed by atoms with Crippen LogP contribution in [0.2, 0.25) is 0 Å². The van der Waals surface area contributed by atoms with Crippen molar-refractivity contribution in [2.45, 2.75) is 31.0 Å². The van der Waals surface area contributed by atoms with Gasteiger partial charge in [-0.1, -0.05) is 48.5 Å². The van der Waals surface area contributed by atoms with E-state index in [1.807, 2.05) is 48.5 Å². The van der Waals surface area contributed by atoms with E-state index in [-0.39, 0.29) is 25.4 Å². The van der Waals surface area contributed by atoms with Crippen LogP contribution in [0.4, 0.5) is 0 Å². The van der Waals surface area contributed by atoms with Crippen LogP contribution < -0.4 is 0 Å². The summed E-state index contributed by atoms with van der Waals surface area (Å²) in [6.45, 7) is -0.229. The molecule has 4 N–H and O–H groups in total. The molecule has 2 aliphatic carbocycles. The monoisotopic (exact) mass is 448 g/mol. The van der Waals surface area contributed by atoms with Crippen molar-refractivity contribution in [1.29, 1.82) is 0 Å². The van der Waals surface area contributed by atoms with E-state index in [0.29, 0.717) is 0 Å². The number of rotatable bonds is 7. The fourth-order valence-electron chi connectivity index (χ4n) is 4.68. The van der Waals surface area contributed by atoms with E-state index in [4.69, 9.17) is 14.5 Å². The van der Waals surface area contributed by atoms with Crippen LogP contribution in [0.3, 0.4) is 0 Å². The fraction of sp³-hybridized carbons (Fsp3) is 0.409. The Balaban J connectivity index is 1.36. The number of phosphoric acid groups is 1. The molecule has 1 saturated carbocycles. The van der Waals surface area contributed by atoms with E-state index in [2.05, 4.69) is 4.52 Å². The Labute approximate surface area is 179 Å². The third-order valence-electron chi connectivity index (χ3n) is 6.18. The van der Waals surface area contributed by atoms with Gasteiger partial charge in [0.2, 0.25) is 0 Å². The SMILES string of the molecule is O=C(C[C@@H]1C[C@H](COP(=O)(O)O)[C@@H](O)[C@H]1O)OCC1c2ccccc2-c2ccccc21. The second-order valence-electron chi connectivity index (χ2n) is 8.14. The van der Waals surface area contributed by atoms with Crippen LogP contribution in [0.25, 0.3) is 11.1 Å². The molecule has 1 fully saturated rings. The van der Waals surface area contributed by atoms with Crippen LogP contribution >= 0.6 is 7.82 Å². The number of carbonyl (C=O) groups is 1. The van der Waals surface area contributed by atoms with E-state index >= 15 is 0 Å². The summed E-state index contributed by atoms with van der Waals surface area (Å²) < 4.78 is 20.9. The van der Waals surface area contributed by atoms with Gasteiger partial charge >= 0.3 is 13.8 Å². The maximum atomic E-state index is 12.5. The highest BCUT2D eigenvalue weighted by Gasteiger charge is 2.43. The Kier molecular flexibility index (Phi) is 6.30. The Morgan fingerprint density at radius 3 is 2.03 bits per heavy atom. The van der Waals surface area contributed by atoms with E-state index in [1.54, 1.807) is 0 Å². The van der Waals surface area contributed by atoms with Crippen LogP contribution in [-0.2, 0) is 18.6 Å². The number of hydrogen-bond donors (Lipinski definition) is 4. The van der Waals surface area contributed by atoms with Gasteiger partial charge in [0.25, 0.3) is 0 Å². The van der Waals surface area contributed by atoms with E-state index < -0.39 is 44.4 Å². The van der Waals surface area contributed by atoms with Gasteiger partial charge in [-0.15, -0.1) is 0 Å². The smallest absolute Gasteiger partial charge is 0.465 e. The number of esters is 1. The van der Waals surface area contributed by atoms with Gasteiger partial charge in [-0.25, -0.2) is 4.57 Å². The van der Waals surface area contributed by atoms with Crippen LogP contribution in [0.1, 0.15) is 29.9 Å². The molecule has 0 amide bonds. The van der Waals surface area contributed by atoms with Gasteiger partial charge in [0.1, 0.15) is 6.61 Å². The Bertz CT molecular complexity index is 957. The lowest BCUT2D eigenvalue weighted by Gasteiger charge is -2.18. The van der Waals surface area contributed by atoms with Crippen molar-refractivity contribution in [3.63, 3.8) is 0 Å². The topological polar surface area (TPSA) is 134 Å². The molecule has 0 bridgehead atoms. The van der Waals surface area contributed by atoms with Crippen LogP contribution in [-0.4, -0.2) is 51.4 Å². The van der Waals surface area contributed by atoms with Crippen molar-refractivity contribution in [3.05, 3.63) is 59.7 Å². The lowest BCUT2D eigenvalue weighted by molar-refractivity contribution is -0.146. The zero-order valence-corrected chi connectivity index (χ0v) is 17.6. The quantitative estimate of drug-likeness (QED) is 0.374. The summed E-state index contributed by atoms with van der Waals surface area (Å²) in [4.78, 5) is 30.1. The van der Waals surface area contributed by atoms with Gasteiger partial charge in [0, 0.05) is 11.8 Å². The lowest BCUT2D eigenvalue weighted by atomic mass is 9.98. The average molecular weight is 448 g/mol. The zero-order valence-electron chi connectivity index (χ0n) is 16.7. The molecule has 4 rings (SSSR count). The number of aliphatic hydroxyl groups is 2. The summed E-state index contributed by atoms with van der Waals surface area (Å²) in [5.74, 6) is -1.81. The van der Waals surface area contributed by atoms with Crippen LogP contribution in [0.15, 0.2) is 48.5 Å². The molecule has 9 heteroatoms. The first-order valence-corrected chi connectivity index (χ1v) is 11.7. The molecule has 166 valence electrons. The Morgan fingerprint density at radius 2 is 1.45 bits per heavy atom. The molecule has 0 aliphatic heterocycles. The first-order valence-electron chi connectivity index (χ1n) is 10.1. The largest absolute Gasteiger partial charge is 0.469 e. The molecule has 0 saturated heterocycles. The Hall–Kier alpha value is -2.06. The van der Waals surface area contributed by atoms with Crippen molar-refractivity contribution in [2.75, 3.05) is 13.2 Å². The molecular formula is C22H25O8P. The van der Waals surface area contributed by atoms with E-state index in [9.17, 15) is 19.6 Å². The van der Waals surface area contributed by atoms with Gasteiger partial charge in [-0.05, 0) is 34.6 Å². The molecule has 0 unspecified atom stereocenters. The van der Waals surface area contributed by atoms with Crippen molar-refractivity contribution in [3.8, 4) is 11.1 Å². The van der Waals surface area contributed by atoms with Gasteiger partial charge in [-0.2, -0.15) is 0 Å². The fourth-order valence-corrected chi connectivity index (χ4v) is 5.06. The third kappa shape index (κ3) is 4.75. The van der Waals surface area contributed by atoms with Gasteiger partial charge < -0.3 is 24.7 Å². The second-order valence-corrected chi connectivity index (χ2v) is 9.38. The minimum absolute atomic E-state index is 0.0696. The number of hydrogen-bond acceptors (Lipinski definition) is 6. The molecule has 0 radical (unpaired) electrons. The molecular weight excluding hydrogens is 423 g/mol. The number of benzene rings is 2. The number of fused-ring (bicyclic) bond motifs is 3. The maximum Gasteiger partial charge on any atom is 0.469 e. The van der Waals surface area contributed by atoms with Crippen molar-refractivity contribution in [2.24, 2.45) is 11.8 Å². The van der Waals surface area contributed by atoms with Gasteiger partial charge in [-0.3, -0.25) is 9.32 Å². The molecule has 0 spiro atoms. The minimum atomic E-state index is -4.67. The summed E-state index contributed by atoms with van der Waals surface area (Å²) in [6, 6.07) is 16.0.